The van der Waals surface area contributed by atoms with Crippen molar-refractivity contribution in [2.45, 2.75) is 38.8 Å². The van der Waals surface area contributed by atoms with Crippen LogP contribution in [0.1, 0.15) is 32.4 Å². The van der Waals surface area contributed by atoms with Crippen molar-refractivity contribution in [2.75, 3.05) is 20.3 Å². The number of halogens is 1. The number of aromatic nitrogens is 2. The maximum atomic E-state index is 15.0. The Labute approximate surface area is 156 Å². The molecule has 0 radical (unpaired) electrons. The van der Waals surface area contributed by atoms with Crippen molar-refractivity contribution in [3.8, 4) is 5.75 Å². The van der Waals surface area contributed by atoms with Gasteiger partial charge in [0.1, 0.15) is 5.75 Å². The van der Waals surface area contributed by atoms with Crippen molar-refractivity contribution in [3.63, 3.8) is 0 Å². The topological polar surface area (TPSA) is 87.6 Å². The number of rotatable bonds is 9. The molecule has 0 atom stereocenters. The van der Waals surface area contributed by atoms with Gasteiger partial charge >= 0.3 is 17.6 Å². The minimum atomic E-state index is -2.83. The van der Waals surface area contributed by atoms with E-state index in [1.54, 1.807) is 39.3 Å². The molecular weight excluding hydrogens is 355 g/mol. The van der Waals surface area contributed by atoms with Gasteiger partial charge in [0.2, 0.25) is 0 Å². The predicted molar refractivity (Wildman–Crippen MR) is 96.1 cm³/mol. The monoisotopic (exact) mass is 378 g/mol. The van der Waals surface area contributed by atoms with Crippen LogP contribution in [0.3, 0.4) is 0 Å². The molecule has 7 nitrogen and oxygen atoms in total. The van der Waals surface area contributed by atoms with E-state index < -0.39 is 17.6 Å². The lowest BCUT2D eigenvalue weighted by Crippen LogP contribution is -2.45. The van der Waals surface area contributed by atoms with Crippen molar-refractivity contribution in [2.24, 2.45) is 0 Å². The van der Waals surface area contributed by atoms with Gasteiger partial charge in [-0.3, -0.25) is 0 Å². The third-order valence-corrected chi connectivity index (χ3v) is 3.97. The van der Waals surface area contributed by atoms with E-state index in [4.69, 9.17) is 14.2 Å². The summed E-state index contributed by atoms with van der Waals surface area (Å²) in [5, 5.41) is 0.765. The summed E-state index contributed by atoms with van der Waals surface area (Å²) >= 11 is 0. The van der Waals surface area contributed by atoms with Gasteiger partial charge in [0.15, 0.2) is 5.65 Å². The molecule has 0 bridgehead atoms. The van der Waals surface area contributed by atoms with E-state index in [1.807, 2.05) is 6.07 Å². The second-order valence-corrected chi connectivity index (χ2v) is 5.79. The highest BCUT2D eigenvalue weighted by molar-refractivity contribution is 6.03. The molecule has 27 heavy (non-hydrogen) atoms. The van der Waals surface area contributed by atoms with Gasteiger partial charge in [0.25, 0.3) is 0 Å². The summed E-state index contributed by atoms with van der Waals surface area (Å²) in [6, 6.07) is 5.35. The predicted octanol–water partition coefficient (Wildman–Crippen LogP) is 2.80. The van der Waals surface area contributed by atoms with Gasteiger partial charge in [0, 0.05) is 24.4 Å². The summed E-state index contributed by atoms with van der Waals surface area (Å²) in [6.45, 7) is 3.03. The number of hydrogen-bond acceptors (Lipinski definition) is 7. The van der Waals surface area contributed by atoms with Crippen LogP contribution in [-0.2, 0) is 25.5 Å². The Hall–Kier alpha value is -2.77. The molecule has 0 saturated heterocycles. The summed E-state index contributed by atoms with van der Waals surface area (Å²) in [5.41, 5.74) is -1.70. The van der Waals surface area contributed by atoms with E-state index in [2.05, 4.69) is 9.97 Å². The molecule has 0 fully saturated rings. The minimum Gasteiger partial charge on any atom is -0.496 e. The Bertz CT molecular complexity index is 794. The van der Waals surface area contributed by atoms with E-state index in [-0.39, 0.29) is 26.1 Å². The first-order valence-corrected chi connectivity index (χ1v) is 8.78. The number of ether oxygens (including phenoxy) is 3. The molecule has 0 aliphatic heterocycles. The fraction of sp³-hybridized carbons (Fsp3) is 0.474. The van der Waals surface area contributed by atoms with Crippen LogP contribution in [0.4, 0.5) is 4.39 Å². The van der Waals surface area contributed by atoms with E-state index in [1.165, 1.54) is 0 Å². The second kappa shape index (κ2) is 9.25. The van der Waals surface area contributed by atoms with Gasteiger partial charge in [-0.1, -0.05) is 0 Å². The Kier molecular flexibility index (Phi) is 7.04. The van der Waals surface area contributed by atoms with Crippen molar-refractivity contribution >= 4 is 23.0 Å². The molecule has 0 aliphatic carbocycles. The number of hydrogen-bond donors (Lipinski definition) is 0. The number of alkyl halides is 1. The number of aryl methyl sites for hydroxylation is 1. The maximum Gasteiger partial charge on any atom is 0.355 e. The highest BCUT2D eigenvalue weighted by atomic mass is 19.1. The zero-order valence-corrected chi connectivity index (χ0v) is 15.7. The smallest absolute Gasteiger partial charge is 0.355 e. The van der Waals surface area contributed by atoms with Crippen LogP contribution in [0.2, 0.25) is 0 Å². The Morgan fingerprint density at radius 2 is 1.85 bits per heavy atom. The van der Waals surface area contributed by atoms with Gasteiger partial charge in [-0.05, 0) is 38.8 Å². The summed E-state index contributed by atoms with van der Waals surface area (Å²) in [5.74, 6) is -1.85. The normalized spacial score (nSPS) is 11.3. The average molecular weight is 378 g/mol. The molecule has 146 valence electrons. The standard InChI is InChI=1S/C19H23FN2O5/c1-4-26-17(23)19(20,18(24)27-5-2)10-6-8-13-12-15(25-3)14-9-7-11-21-16(14)22-13/h7,9,11-12H,4-6,8,10H2,1-3H3. The summed E-state index contributed by atoms with van der Waals surface area (Å²) in [7, 11) is 1.54. The molecule has 2 aromatic heterocycles. The van der Waals surface area contributed by atoms with Crippen LogP contribution >= 0.6 is 0 Å². The fourth-order valence-electron chi connectivity index (χ4n) is 2.66. The number of pyridine rings is 2. The van der Waals surface area contributed by atoms with Crippen molar-refractivity contribution in [1.29, 1.82) is 0 Å². The molecule has 2 heterocycles. The second-order valence-electron chi connectivity index (χ2n) is 5.79. The molecule has 0 saturated carbocycles. The first-order valence-electron chi connectivity index (χ1n) is 8.78. The molecule has 0 unspecified atom stereocenters. The number of esters is 2. The summed E-state index contributed by atoms with van der Waals surface area (Å²) in [6.07, 6.45) is 1.76. The Morgan fingerprint density at radius 3 is 2.44 bits per heavy atom. The third kappa shape index (κ3) is 4.69. The number of methoxy groups -OCH3 is 1. The fourth-order valence-corrected chi connectivity index (χ4v) is 2.66. The quantitative estimate of drug-likeness (QED) is 0.490. The molecule has 0 N–H and O–H groups in total. The summed E-state index contributed by atoms with van der Waals surface area (Å²) in [4.78, 5) is 32.5. The van der Waals surface area contributed by atoms with Crippen molar-refractivity contribution < 1.29 is 28.2 Å². The van der Waals surface area contributed by atoms with E-state index >= 15 is 4.39 Å². The minimum absolute atomic E-state index is 0.0288. The molecular formula is C19H23FN2O5. The van der Waals surface area contributed by atoms with Crippen LogP contribution in [0.25, 0.3) is 11.0 Å². The molecule has 0 aromatic carbocycles. The SMILES string of the molecule is CCOC(=O)C(F)(CCCc1cc(OC)c2cccnc2n1)C(=O)OCC. The van der Waals surface area contributed by atoms with Gasteiger partial charge in [-0.15, -0.1) is 0 Å². The number of carbonyl (C=O) groups is 2. The lowest BCUT2D eigenvalue weighted by Gasteiger charge is -2.21. The van der Waals surface area contributed by atoms with E-state index in [0.717, 1.165) is 5.39 Å². The van der Waals surface area contributed by atoms with Crippen molar-refractivity contribution in [1.82, 2.24) is 9.97 Å². The van der Waals surface area contributed by atoms with Gasteiger partial charge in [-0.2, -0.15) is 0 Å². The van der Waals surface area contributed by atoms with Crippen LogP contribution in [0.15, 0.2) is 24.4 Å². The van der Waals surface area contributed by atoms with Crippen molar-refractivity contribution in [3.05, 3.63) is 30.1 Å². The number of carbonyl (C=O) groups excluding carboxylic acids is 2. The lowest BCUT2D eigenvalue weighted by atomic mass is 9.97. The zero-order valence-electron chi connectivity index (χ0n) is 15.7. The zero-order chi connectivity index (χ0) is 19.9. The average Bonchev–Trinajstić information content (AvgIpc) is 2.67. The van der Waals surface area contributed by atoms with E-state index in [9.17, 15) is 9.59 Å². The molecule has 0 spiro atoms. The van der Waals surface area contributed by atoms with Crippen LogP contribution < -0.4 is 4.74 Å². The Balaban J connectivity index is 2.15. The van der Waals surface area contributed by atoms with Gasteiger partial charge in [-0.25, -0.2) is 23.9 Å². The highest BCUT2D eigenvalue weighted by Gasteiger charge is 2.49. The molecule has 0 aliphatic rings. The highest BCUT2D eigenvalue weighted by Crippen LogP contribution is 2.27. The first-order chi connectivity index (χ1) is 13.0. The lowest BCUT2D eigenvalue weighted by molar-refractivity contribution is -0.175. The third-order valence-electron chi connectivity index (χ3n) is 3.97. The number of nitrogens with zero attached hydrogens (tertiary/aromatic N) is 2. The molecule has 8 heteroatoms. The summed E-state index contributed by atoms with van der Waals surface area (Å²) < 4.78 is 29.8. The first kappa shape index (κ1) is 20.5. The van der Waals surface area contributed by atoms with Crippen LogP contribution in [0, 0.1) is 0 Å². The Morgan fingerprint density at radius 1 is 1.19 bits per heavy atom. The molecule has 2 rings (SSSR count). The van der Waals surface area contributed by atoms with Gasteiger partial charge < -0.3 is 14.2 Å². The molecule has 2 aromatic rings. The maximum absolute atomic E-state index is 15.0. The van der Waals surface area contributed by atoms with Crippen LogP contribution in [-0.4, -0.2) is 47.9 Å². The van der Waals surface area contributed by atoms with Gasteiger partial charge in [0.05, 0.1) is 25.7 Å². The molecule has 0 amide bonds. The van der Waals surface area contributed by atoms with E-state index in [0.29, 0.717) is 23.5 Å². The largest absolute Gasteiger partial charge is 0.496 e. The van der Waals surface area contributed by atoms with Crippen LogP contribution in [0.5, 0.6) is 5.75 Å². The number of fused-ring (bicyclic) bond motifs is 1.